The molecule has 0 aliphatic carbocycles. The van der Waals surface area contributed by atoms with Gasteiger partial charge in [0, 0.05) is 5.56 Å². The maximum Gasteiger partial charge on any atom is 0.416 e. The fourth-order valence-electron chi connectivity index (χ4n) is 2.90. The minimum absolute atomic E-state index is 0.142. The molecule has 0 bridgehead atoms. The van der Waals surface area contributed by atoms with Crippen molar-refractivity contribution >= 4 is 12.1 Å². The second kappa shape index (κ2) is 10.7. The number of ether oxygens (including phenoxy) is 2. The van der Waals surface area contributed by atoms with E-state index in [1.54, 1.807) is 18.2 Å². The lowest BCUT2D eigenvalue weighted by Crippen LogP contribution is -2.18. The number of hydrazone groups is 1. The van der Waals surface area contributed by atoms with Gasteiger partial charge in [-0.3, -0.25) is 4.79 Å². The second-order valence-corrected chi connectivity index (χ2v) is 7.19. The summed E-state index contributed by atoms with van der Waals surface area (Å²) in [5.41, 5.74) is 3.99. The van der Waals surface area contributed by atoms with Crippen molar-refractivity contribution in [2.45, 2.75) is 26.6 Å². The van der Waals surface area contributed by atoms with Crippen LogP contribution in [0.1, 0.15) is 39.5 Å². The zero-order chi connectivity index (χ0) is 23.8. The molecule has 0 saturated carbocycles. The van der Waals surface area contributed by atoms with Crippen LogP contribution < -0.4 is 14.9 Å². The molecule has 0 aromatic heterocycles. The summed E-state index contributed by atoms with van der Waals surface area (Å²) >= 11 is 0. The smallest absolute Gasteiger partial charge is 0.416 e. The summed E-state index contributed by atoms with van der Waals surface area (Å²) in [7, 11) is 0. The fraction of sp³-hybridized carbons (Fsp3) is 0.200. The highest BCUT2D eigenvalue weighted by atomic mass is 19.4. The van der Waals surface area contributed by atoms with Gasteiger partial charge in [0.05, 0.1) is 18.4 Å². The molecule has 33 heavy (non-hydrogen) atoms. The number of rotatable bonds is 8. The molecule has 3 aromatic rings. The molecule has 172 valence electrons. The number of carbonyl (C=O) groups is 1. The van der Waals surface area contributed by atoms with E-state index in [2.05, 4.69) is 10.5 Å². The number of amides is 1. The van der Waals surface area contributed by atoms with Crippen molar-refractivity contribution < 1.29 is 27.4 Å². The van der Waals surface area contributed by atoms with Crippen LogP contribution in [0.3, 0.4) is 0 Å². The van der Waals surface area contributed by atoms with Gasteiger partial charge in [0.1, 0.15) is 6.61 Å². The number of benzene rings is 3. The first-order valence-corrected chi connectivity index (χ1v) is 10.2. The summed E-state index contributed by atoms with van der Waals surface area (Å²) in [6.07, 6.45) is -3.16. The molecule has 3 aromatic carbocycles. The number of carbonyl (C=O) groups excluding carboxylic acids is 1. The van der Waals surface area contributed by atoms with Crippen molar-refractivity contribution in [3.63, 3.8) is 0 Å². The Kier molecular flexibility index (Phi) is 7.71. The molecule has 0 saturated heterocycles. The van der Waals surface area contributed by atoms with Crippen LogP contribution >= 0.6 is 0 Å². The topological polar surface area (TPSA) is 59.9 Å². The van der Waals surface area contributed by atoms with Gasteiger partial charge in [0.2, 0.25) is 0 Å². The van der Waals surface area contributed by atoms with Gasteiger partial charge in [-0.15, -0.1) is 0 Å². The standard InChI is InChI=1S/C25H23F3N2O3/c1-3-32-23-13-19(11-12-22(23)33-16-18-9-7-17(2)8-10-18)15-29-30-24(31)20-5-4-6-21(14-20)25(26,27)28/h4-15H,3,16H2,1-2H3,(H,30,31)/b29-15-. The third-order valence-corrected chi connectivity index (χ3v) is 4.61. The summed E-state index contributed by atoms with van der Waals surface area (Å²) in [5, 5.41) is 3.84. The number of halogens is 3. The zero-order valence-electron chi connectivity index (χ0n) is 18.1. The van der Waals surface area contributed by atoms with Crippen LogP contribution in [0, 0.1) is 6.92 Å². The van der Waals surface area contributed by atoms with E-state index < -0.39 is 17.6 Å². The van der Waals surface area contributed by atoms with E-state index in [0.717, 1.165) is 23.3 Å². The quantitative estimate of drug-likeness (QED) is 0.347. The minimum Gasteiger partial charge on any atom is -0.490 e. The molecule has 8 heteroatoms. The van der Waals surface area contributed by atoms with Crippen molar-refractivity contribution in [2.24, 2.45) is 5.10 Å². The van der Waals surface area contributed by atoms with Crippen LogP contribution in [0.5, 0.6) is 11.5 Å². The first-order chi connectivity index (χ1) is 15.8. The van der Waals surface area contributed by atoms with Crippen molar-refractivity contribution in [2.75, 3.05) is 6.61 Å². The Morgan fingerprint density at radius 1 is 1.00 bits per heavy atom. The van der Waals surface area contributed by atoms with Crippen LogP contribution in [0.15, 0.2) is 71.8 Å². The third kappa shape index (κ3) is 6.83. The van der Waals surface area contributed by atoms with Crippen LogP contribution in [-0.2, 0) is 12.8 Å². The molecule has 1 N–H and O–H groups in total. The number of hydrogen-bond acceptors (Lipinski definition) is 4. The summed E-state index contributed by atoms with van der Waals surface area (Å²) in [4.78, 5) is 12.1. The van der Waals surface area contributed by atoms with Gasteiger partial charge in [0.25, 0.3) is 5.91 Å². The molecule has 0 atom stereocenters. The van der Waals surface area contributed by atoms with Crippen molar-refractivity contribution in [3.05, 3.63) is 94.5 Å². The monoisotopic (exact) mass is 456 g/mol. The third-order valence-electron chi connectivity index (χ3n) is 4.61. The van der Waals surface area contributed by atoms with Gasteiger partial charge >= 0.3 is 6.18 Å². The zero-order valence-corrected chi connectivity index (χ0v) is 18.1. The number of alkyl halides is 3. The Labute approximate surface area is 189 Å². The predicted molar refractivity (Wildman–Crippen MR) is 120 cm³/mol. The van der Waals surface area contributed by atoms with E-state index in [4.69, 9.17) is 9.47 Å². The van der Waals surface area contributed by atoms with Crippen LogP contribution in [0.2, 0.25) is 0 Å². The average Bonchev–Trinajstić information content (AvgIpc) is 2.79. The van der Waals surface area contributed by atoms with E-state index in [0.29, 0.717) is 30.3 Å². The Morgan fingerprint density at radius 2 is 1.76 bits per heavy atom. The van der Waals surface area contributed by atoms with Crippen molar-refractivity contribution in [1.29, 1.82) is 0 Å². The van der Waals surface area contributed by atoms with E-state index in [-0.39, 0.29) is 5.56 Å². The van der Waals surface area contributed by atoms with E-state index in [1.165, 1.54) is 18.3 Å². The number of nitrogens with one attached hydrogen (secondary N) is 1. The highest BCUT2D eigenvalue weighted by Crippen LogP contribution is 2.30. The molecule has 1 amide bonds. The molecule has 0 spiro atoms. The van der Waals surface area contributed by atoms with E-state index >= 15 is 0 Å². The van der Waals surface area contributed by atoms with Crippen LogP contribution in [0.4, 0.5) is 13.2 Å². The number of nitrogens with zero attached hydrogens (tertiary/aromatic N) is 1. The van der Waals surface area contributed by atoms with Gasteiger partial charge in [-0.1, -0.05) is 35.9 Å². The predicted octanol–water partition coefficient (Wildman–Crippen LogP) is 5.76. The molecular weight excluding hydrogens is 433 g/mol. The molecule has 0 aliphatic rings. The molecule has 3 rings (SSSR count). The molecule has 5 nitrogen and oxygen atoms in total. The fourth-order valence-corrected chi connectivity index (χ4v) is 2.90. The lowest BCUT2D eigenvalue weighted by molar-refractivity contribution is -0.137. The Bertz CT molecular complexity index is 1130. The maximum atomic E-state index is 12.8. The Morgan fingerprint density at radius 3 is 2.45 bits per heavy atom. The molecule has 0 radical (unpaired) electrons. The number of aryl methyl sites for hydroxylation is 1. The molecule has 0 fully saturated rings. The SMILES string of the molecule is CCOc1cc(/C=N\NC(=O)c2cccc(C(F)(F)F)c2)ccc1OCc1ccc(C)cc1. The molecular formula is C25H23F3N2O3. The highest BCUT2D eigenvalue weighted by Gasteiger charge is 2.30. The normalized spacial score (nSPS) is 11.4. The second-order valence-electron chi connectivity index (χ2n) is 7.19. The van der Waals surface area contributed by atoms with Gasteiger partial charge in [-0.2, -0.15) is 18.3 Å². The molecule has 0 aliphatic heterocycles. The Balaban J connectivity index is 1.66. The van der Waals surface area contributed by atoms with Gasteiger partial charge in [-0.05, 0) is 61.4 Å². The molecule has 0 heterocycles. The Hall–Kier alpha value is -3.81. The van der Waals surface area contributed by atoms with Gasteiger partial charge in [0.15, 0.2) is 11.5 Å². The van der Waals surface area contributed by atoms with Crippen molar-refractivity contribution in [1.82, 2.24) is 5.43 Å². The summed E-state index contributed by atoms with van der Waals surface area (Å²) in [6, 6.07) is 17.3. The lowest BCUT2D eigenvalue weighted by Gasteiger charge is -2.13. The minimum atomic E-state index is -4.53. The van der Waals surface area contributed by atoms with E-state index in [1.807, 2.05) is 38.1 Å². The highest BCUT2D eigenvalue weighted by molar-refractivity contribution is 5.95. The molecule has 0 unspecified atom stereocenters. The summed E-state index contributed by atoms with van der Waals surface area (Å²) in [6.45, 7) is 4.66. The average molecular weight is 456 g/mol. The number of hydrogen-bond donors (Lipinski definition) is 1. The summed E-state index contributed by atoms with van der Waals surface area (Å²) < 4.78 is 50.0. The largest absolute Gasteiger partial charge is 0.490 e. The first-order valence-electron chi connectivity index (χ1n) is 10.2. The summed E-state index contributed by atoms with van der Waals surface area (Å²) in [5.74, 6) is 0.320. The maximum absolute atomic E-state index is 12.8. The first kappa shape index (κ1) is 23.8. The van der Waals surface area contributed by atoms with Crippen LogP contribution in [0.25, 0.3) is 0 Å². The van der Waals surface area contributed by atoms with Gasteiger partial charge in [-0.25, -0.2) is 5.43 Å². The van der Waals surface area contributed by atoms with E-state index in [9.17, 15) is 18.0 Å². The van der Waals surface area contributed by atoms with Crippen LogP contribution in [-0.4, -0.2) is 18.7 Å². The van der Waals surface area contributed by atoms with Crippen molar-refractivity contribution in [3.8, 4) is 11.5 Å². The van der Waals surface area contributed by atoms with Gasteiger partial charge < -0.3 is 9.47 Å². The lowest BCUT2D eigenvalue weighted by atomic mass is 10.1.